The molecular formula is C29H24ClF4N5O4. The lowest BCUT2D eigenvalue weighted by molar-refractivity contribution is -0.265. The third-order valence-electron chi connectivity index (χ3n) is 7.89. The van der Waals surface area contributed by atoms with Gasteiger partial charge in [-0.2, -0.15) is 18.3 Å². The first kappa shape index (κ1) is 28.9. The summed E-state index contributed by atoms with van der Waals surface area (Å²) in [6, 6.07) is 8.56. The topological polar surface area (TPSA) is 132 Å². The number of carbonyl (C=O) groups excluding carboxylic acids is 2. The minimum absolute atomic E-state index is 0.0279. The third kappa shape index (κ3) is 4.85. The zero-order valence-electron chi connectivity index (χ0n) is 22.5. The normalized spacial score (nSPS) is 19.5. The molecule has 1 saturated carbocycles. The Bertz CT molecular complexity index is 1790. The van der Waals surface area contributed by atoms with Gasteiger partial charge in [0.2, 0.25) is 11.5 Å². The van der Waals surface area contributed by atoms with Crippen molar-refractivity contribution < 1.29 is 37.0 Å². The molecule has 0 spiro atoms. The summed E-state index contributed by atoms with van der Waals surface area (Å²) in [5.41, 5.74) is -0.251. The van der Waals surface area contributed by atoms with Gasteiger partial charge in [-0.1, -0.05) is 11.6 Å². The number of halogens is 5. The van der Waals surface area contributed by atoms with Crippen LogP contribution < -0.4 is 15.8 Å². The summed E-state index contributed by atoms with van der Waals surface area (Å²) in [7, 11) is 0. The molecule has 224 valence electrons. The summed E-state index contributed by atoms with van der Waals surface area (Å²) in [5, 5.41) is 18.4. The van der Waals surface area contributed by atoms with Crippen LogP contribution in [0.15, 0.2) is 48.7 Å². The number of rotatable bonds is 7. The summed E-state index contributed by atoms with van der Waals surface area (Å²) in [6.45, 7) is -0.243. The fourth-order valence-electron chi connectivity index (χ4n) is 5.02. The van der Waals surface area contributed by atoms with Crippen molar-refractivity contribution in [2.24, 2.45) is 5.73 Å². The van der Waals surface area contributed by atoms with E-state index in [0.717, 1.165) is 31.0 Å². The second-order valence-corrected chi connectivity index (χ2v) is 11.4. The lowest BCUT2D eigenvalue weighted by Crippen LogP contribution is -2.51. The first-order chi connectivity index (χ1) is 20.2. The van der Waals surface area contributed by atoms with Crippen LogP contribution in [0.4, 0.5) is 17.6 Å². The van der Waals surface area contributed by atoms with Gasteiger partial charge in [0, 0.05) is 28.3 Å². The van der Waals surface area contributed by atoms with Gasteiger partial charge in [-0.25, -0.2) is 9.37 Å². The van der Waals surface area contributed by atoms with Gasteiger partial charge in [0.25, 0.3) is 5.91 Å². The molecule has 4 N–H and O–H groups in total. The smallest absolute Gasteiger partial charge is 0.424 e. The molecule has 3 heterocycles. The van der Waals surface area contributed by atoms with Crippen molar-refractivity contribution in [1.82, 2.24) is 20.1 Å². The van der Waals surface area contributed by atoms with Gasteiger partial charge in [0.1, 0.15) is 34.8 Å². The molecule has 1 aliphatic carbocycles. The number of carbonyl (C=O) groups is 2. The predicted octanol–water partition coefficient (Wildman–Crippen LogP) is 4.54. The maximum absolute atomic E-state index is 14.6. The lowest BCUT2D eigenvalue weighted by Gasteiger charge is -2.31. The van der Waals surface area contributed by atoms with Crippen LogP contribution in [0.2, 0.25) is 5.02 Å². The largest absolute Gasteiger partial charge is 0.489 e. The molecule has 1 fully saturated rings. The lowest BCUT2D eigenvalue weighted by atomic mass is 9.81. The Balaban J connectivity index is 1.39. The summed E-state index contributed by atoms with van der Waals surface area (Å²) in [4.78, 5) is 29.6. The zero-order valence-corrected chi connectivity index (χ0v) is 23.3. The maximum atomic E-state index is 14.6. The van der Waals surface area contributed by atoms with Crippen molar-refractivity contribution in [3.63, 3.8) is 0 Å². The van der Waals surface area contributed by atoms with Crippen LogP contribution in [0, 0.1) is 5.82 Å². The Morgan fingerprint density at radius 2 is 1.91 bits per heavy atom. The van der Waals surface area contributed by atoms with E-state index in [1.54, 1.807) is 10.9 Å². The van der Waals surface area contributed by atoms with E-state index in [1.807, 2.05) is 0 Å². The highest BCUT2D eigenvalue weighted by molar-refractivity contribution is 6.35. The number of fused-ring (bicyclic) bond motifs is 2. The number of aliphatic hydroxyl groups is 1. The van der Waals surface area contributed by atoms with Crippen molar-refractivity contribution >= 4 is 34.3 Å². The summed E-state index contributed by atoms with van der Waals surface area (Å²) >= 11 is 6.33. The van der Waals surface area contributed by atoms with E-state index in [4.69, 9.17) is 22.1 Å². The zero-order chi connectivity index (χ0) is 30.9. The van der Waals surface area contributed by atoms with Crippen LogP contribution in [0.3, 0.4) is 0 Å². The van der Waals surface area contributed by atoms with Gasteiger partial charge >= 0.3 is 6.18 Å². The molecule has 2 aromatic heterocycles. The van der Waals surface area contributed by atoms with Gasteiger partial charge in [0.15, 0.2) is 0 Å². The number of pyridine rings is 1. The molecule has 2 aromatic carbocycles. The predicted molar refractivity (Wildman–Crippen MR) is 147 cm³/mol. The molecule has 6 rings (SSSR count). The minimum Gasteiger partial charge on any atom is -0.489 e. The quantitative estimate of drug-likeness (QED) is 0.261. The van der Waals surface area contributed by atoms with Crippen LogP contribution in [0.1, 0.15) is 47.4 Å². The fraction of sp³-hybridized carbons (Fsp3) is 0.310. The second-order valence-electron chi connectivity index (χ2n) is 11.0. The average molecular weight is 618 g/mol. The fourth-order valence-corrected chi connectivity index (χ4v) is 5.28. The number of ether oxygens (including phenoxy) is 1. The summed E-state index contributed by atoms with van der Waals surface area (Å²) < 4.78 is 65.0. The molecule has 4 aromatic rings. The molecule has 0 bridgehead atoms. The number of nitrogens with one attached hydrogen (secondary N) is 1. The average Bonchev–Trinajstić information content (AvgIpc) is 3.62. The number of amides is 2. The monoisotopic (exact) mass is 617 g/mol. The van der Waals surface area contributed by atoms with Gasteiger partial charge in [-0.05, 0) is 62.2 Å². The molecule has 2 aliphatic rings. The van der Waals surface area contributed by atoms with E-state index in [-0.39, 0.29) is 45.8 Å². The highest BCUT2D eigenvalue weighted by atomic mass is 35.5. The molecule has 2 amide bonds. The van der Waals surface area contributed by atoms with Crippen molar-refractivity contribution in [3.05, 3.63) is 76.3 Å². The van der Waals surface area contributed by atoms with E-state index in [0.29, 0.717) is 10.9 Å². The third-order valence-corrected chi connectivity index (χ3v) is 8.18. The second kappa shape index (κ2) is 9.91. The van der Waals surface area contributed by atoms with E-state index < -0.39 is 47.1 Å². The van der Waals surface area contributed by atoms with Crippen LogP contribution >= 0.6 is 11.6 Å². The van der Waals surface area contributed by atoms with Gasteiger partial charge in [-0.15, -0.1) is 0 Å². The molecule has 2 atom stereocenters. The Morgan fingerprint density at radius 3 is 2.53 bits per heavy atom. The SMILES string of the molecule is C[C@]1(C(N)=O)COc2c1cc(C(O)(CNC(=O)c1cc(Cl)c3nn(C4CC4)cc3c1)C(F)(F)F)nc2-c1ccc(F)cc1. The summed E-state index contributed by atoms with van der Waals surface area (Å²) in [5.74, 6) is -2.45. The Labute approximate surface area is 246 Å². The maximum Gasteiger partial charge on any atom is 0.424 e. The molecular weight excluding hydrogens is 594 g/mol. The Kier molecular flexibility index (Phi) is 6.66. The highest BCUT2D eigenvalue weighted by Crippen LogP contribution is 2.47. The van der Waals surface area contributed by atoms with E-state index in [1.165, 1.54) is 31.2 Å². The van der Waals surface area contributed by atoms with Gasteiger partial charge in [0.05, 0.1) is 23.3 Å². The number of nitrogens with two attached hydrogens (primary N) is 1. The number of nitrogens with zero attached hydrogens (tertiary/aromatic N) is 3. The molecule has 1 unspecified atom stereocenters. The molecule has 0 saturated heterocycles. The van der Waals surface area contributed by atoms with Crippen molar-refractivity contribution in [2.75, 3.05) is 13.2 Å². The summed E-state index contributed by atoms with van der Waals surface area (Å²) in [6.07, 6.45) is -1.72. The van der Waals surface area contributed by atoms with Crippen molar-refractivity contribution in [3.8, 4) is 17.0 Å². The standard InChI is InChI=1S/C29H24ClF4N5O4/c1-27(26(35)41)13-43-24-19(27)10-21(37-23(24)14-2-4-17(31)5-3-14)28(42,29(32,33)34)12-36-25(40)15-8-16-11-39(18-6-7-18)38-22(16)20(30)9-15/h2-5,8-11,18,42H,6-7,12-13H2,1H3,(H2,35,41)(H,36,40)/t27-,28?/m0/s1. The number of aromatic nitrogens is 3. The van der Waals surface area contributed by atoms with Crippen molar-refractivity contribution in [2.45, 2.75) is 43.0 Å². The van der Waals surface area contributed by atoms with E-state index >= 15 is 0 Å². The van der Waals surface area contributed by atoms with Crippen molar-refractivity contribution in [1.29, 1.82) is 0 Å². The Morgan fingerprint density at radius 1 is 1.21 bits per heavy atom. The van der Waals surface area contributed by atoms with Crippen LogP contribution in [-0.2, 0) is 15.8 Å². The van der Waals surface area contributed by atoms with Crippen LogP contribution in [0.25, 0.3) is 22.2 Å². The first-order valence-electron chi connectivity index (χ1n) is 13.2. The van der Waals surface area contributed by atoms with Crippen LogP contribution in [-0.4, -0.2) is 51.0 Å². The molecule has 0 radical (unpaired) electrons. The first-order valence-corrected chi connectivity index (χ1v) is 13.6. The van der Waals surface area contributed by atoms with Crippen LogP contribution in [0.5, 0.6) is 5.75 Å². The van der Waals surface area contributed by atoms with Gasteiger partial charge in [-0.3, -0.25) is 14.3 Å². The number of hydrogen-bond donors (Lipinski definition) is 3. The number of hydrogen-bond acceptors (Lipinski definition) is 6. The van der Waals surface area contributed by atoms with Gasteiger partial charge < -0.3 is 20.9 Å². The minimum atomic E-state index is -5.35. The molecule has 14 heteroatoms. The number of benzene rings is 2. The Hall–Kier alpha value is -4.23. The number of primary amides is 1. The molecule has 1 aliphatic heterocycles. The highest BCUT2D eigenvalue weighted by Gasteiger charge is 2.57. The molecule has 9 nitrogen and oxygen atoms in total. The van der Waals surface area contributed by atoms with E-state index in [2.05, 4.69) is 15.4 Å². The number of alkyl halides is 3. The molecule has 43 heavy (non-hydrogen) atoms. The van der Waals surface area contributed by atoms with E-state index in [9.17, 15) is 32.3 Å².